The molecule has 1 aliphatic carbocycles. The van der Waals surface area contributed by atoms with Gasteiger partial charge in [-0.15, -0.1) is 0 Å². The molecule has 0 aromatic rings. The Kier molecular flexibility index (Phi) is 3.88. The lowest BCUT2D eigenvalue weighted by Crippen LogP contribution is -2.66. The zero-order valence-corrected chi connectivity index (χ0v) is 12.5. The standard InChI is InChI=1S/C15H26N2O2/c1-5-6-11-13(18)16-12(15(2,3)4)14(19)17(11)9-10-7-8-10/h10-12H,5-9H2,1-4H3,(H,16,18). The van der Waals surface area contributed by atoms with E-state index >= 15 is 0 Å². The summed E-state index contributed by atoms with van der Waals surface area (Å²) in [5, 5.41) is 2.93. The molecule has 2 unspecified atom stereocenters. The summed E-state index contributed by atoms with van der Waals surface area (Å²) in [6.45, 7) is 8.84. The van der Waals surface area contributed by atoms with Gasteiger partial charge in [0.2, 0.25) is 11.8 Å². The van der Waals surface area contributed by atoms with Crippen LogP contribution in [0.15, 0.2) is 0 Å². The molecule has 2 aliphatic rings. The second-order valence-electron chi connectivity index (χ2n) is 7.05. The first-order valence-corrected chi connectivity index (χ1v) is 7.45. The molecule has 1 heterocycles. The SMILES string of the molecule is CCCC1C(=O)NC(C(C)(C)C)C(=O)N1CC1CC1. The van der Waals surface area contributed by atoms with Crippen molar-refractivity contribution in [2.45, 2.75) is 65.5 Å². The summed E-state index contributed by atoms with van der Waals surface area (Å²) in [5.41, 5.74) is -0.230. The molecular weight excluding hydrogens is 240 g/mol. The van der Waals surface area contributed by atoms with Gasteiger partial charge < -0.3 is 10.2 Å². The Labute approximate surface area is 115 Å². The predicted octanol–water partition coefficient (Wildman–Crippen LogP) is 1.94. The van der Waals surface area contributed by atoms with Gasteiger partial charge in [-0.05, 0) is 30.6 Å². The molecular formula is C15H26N2O2. The largest absolute Gasteiger partial charge is 0.342 e. The first-order valence-electron chi connectivity index (χ1n) is 7.45. The zero-order chi connectivity index (χ0) is 14.2. The van der Waals surface area contributed by atoms with Gasteiger partial charge in [0.15, 0.2) is 0 Å². The Balaban J connectivity index is 2.19. The molecule has 108 valence electrons. The summed E-state index contributed by atoms with van der Waals surface area (Å²) in [4.78, 5) is 26.8. The van der Waals surface area contributed by atoms with Crippen molar-refractivity contribution in [1.82, 2.24) is 10.2 Å². The molecule has 0 radical (unpaired) electrons. The topological polar surface area (TPSA) is 49.4 Å². The molecule has 0 aromatic carbocycles. The maximum absolute atomic E-state index is 12.7. The number of piperazine rings is 1. The molecule has 19 heavy (non-hydrogen) atoms. The van der Waals surface area contributed by atoms with Crippen LogP contribution in [-0.2, 0) is 9.59 Å². The summed E-state index contributed by atoms with van der Waals surface area (Å²) < 4.78 is 0. The first-order chi connectivity index (χ1) is 8.84. The molecule has 0 bridgehead atoms. The van der Waals surface area contributed by atoms with E-state index in [0.29, 0.717) is 5.92 Å². The van der Waals surface area contributed by atoms with Crippen molar-refractivity contribution >= 4 is 11.8 Å². The van der Waals surface area contributed by atoms with E-state index in [-0.39, 0.29) is 29.3 Å². The number of carbonyl (C=O) groups excluding carboxylic acids is 2. The monoisotopic (exact) mass is 266 g/mol. The van der Waals surface area contributed by atoms with Crippen LogP contribution in [-0.4, -0.2) is 35.3 Å². The highest BCUT2D eigenvalue weighted by atomic mass is 16.2. The Morgan fingerprint density at radius 3 is 2.37 bits per heavy atom. The van der Waals surface area contributed by atoms with Crippen LogP contribution >= 0.6 is 0 Å². The maximum Gasteiger partial charge on any atom is 0.246 e. The van der Waals surface area contributed by atoms with Crippen molar-refractivity contribution in [2.24, 2.45) is 11.3 Å². The highest BCUT2D eigenvalue weighted by molar-refractivity contribution is 5.97. The summed E-state index contributed by atoms with van der Waals surface area (Å²) in [5.74, 6) is 0.759. The minimum absolute atomic E-state index is 0.0297. The molecule has 1 saturated carbocycles. The van der Waals surface area contributed by atoms with Gasteiger partial charge in [-0.2, -0.15) is 0 Å². The third-order valence-electron chi connectivity index (χ3n) is 4.08. The smallest absolute Gasteiger partial charge is 0.246 e. The third-order valence-corrected chi connectivity index (χ3v) is 4.08. The van der Waals surface area contributed by atoms with Crippen molar-refractivity contribution < 1.29 is 9.59 Å². The van der Waals surface area contributed by atoms with Gasteiger partial charge in [-0.25, -0.2) is 0 Å². The third kappa shape index (κ3) is 3.10. The van der Waals surface area contributed by atoms with Crippen molar-refractivity contribution in [1.29, 1.82) is 0 Å². The van der Waals surface area contributed by atoms with Gasteiger partial charge in [0.05, 0.1) is 0 Å². The van der Waals surface area contributed by atoms with E-state index in [2.05, 4.69) is 12.2 Å². The lowest BCUT2D eigenvalue weighted by atomic mass is 9.83. The zero-order valence-electron chi connectivity index (χ0n) is 12.5. The highest BCUT2D eigenvalue weighted by Gasteiger charge is 2.45. The molecule has 2 amide bonds. The van der Waals surface area contributed by atoms with Crippen LogP contribution in [0.25, 0.3) is 0 Å². The number of amides is 2. The molecule has 2 rings (SSSR count). The Bertz CT molecular complexity index is 369. The van der Waals surface area contributed by atoms with Crippen LogP contribution in [0, 0.1) is 11.3 Å². The Hall–Kier alpha value is -1.06. The highest BCUT2D eigenvalue weighted by Crippen LogP contribution is 2.33. The second kappa shape index (κ2) is 5.14. The molecule has 1 aliphatic heterocycles. The van der Waals surface area contributed by atoms with E-state index in [1.54, 1.807) is 0 Å². The van der Waals surface area contributed by atoms with Crippen LogP contribution in [0.5, 0.6) is 0 Å². The fraction of sp³-hybridized carbons (Fsp3) is 0.867. The van der Waals surface area contributed by atoms with Crippen LogP contribution in [0.2, 0.25) is 0 Å². The van der Waals surface area contributed by atoms with Crippen LogP contribution in [0.4, 0.5) is 0 Å². The van der Waals surface area contributed by atoms with Crippen molar-refractivity contribution in [3.8, 4) is 0 Å². The number of nitrogens with zero attached hydrogens (tertiary/aromatic N) is 1. The van der Waals surface area contributed by atoms with Gasteiger partial charge in [0.1, 0.15) is 12.1 Å². The number of rotatable bonds is 4. The van der Waals surface area contributed by atoms with E-state index in [0.717, 1.165) is 19.4 Å². The van der Waals surface area contributed by atoms with Gasteiger partial charge >= 0.3 is 0 Å². The molecule has 2 atom stereocenters. The molecule has 1 saturated heterocycles. The summed E-state index contributed by atoms with van der Waals surface area (Å²) in [7, 11) is 0. The van der Waals surface area contributed by atoms with Crippen molar-refractivity contribution in [2.75, 3.05) is 6.54 Å². The van der Waals surface area contributed by atoms with E-state index in [1.165, 1.54) is 12.8 Å². The Morgan fingerprint density at radius 2 is 1.89 bits per heavy atom. The average molecular weight is 266 g/mol. The van der Waals surface area contributed by atoms with Gasteiger partial charge in [0, 0.05) is 6.54 Å². The maximum atomic E-state index is 12.7. The molecule has 4 nitrogen and oxygen atoms in total. The Morgan fingerprint density at radius 1 is 1.26 bits per heavy atom. The lowest BCUT2D eigenvalue weighted by molar-refractivity contribution is -0.153. The molecule has 0 spiro atoms. The number of carbonyl (C=O) groups is 2. The predicted molar refractivity (Wildman–Crippen MR) is 74.5 cm³/mol. The van der Waals surface area contributed by atoms with Gasteiger partial charge in [0.25, 0.3) is 0 Å². The number of nitrogens with one attached hydrogen (secondary N) is 1. The average Bonchev–Trinajstić information content (AvgIpc) is 3.10. The molecule has 4 heteroatoms. The quantitative estimate of drug-likeness (QED) is 0.845. The van der Waals surface area contributed by atoms with E-state index in [9.17, 15) is 9.59 Å². The minimum Gasteiger partial charge on any atom is -0.342 e. The molecule has 1 N–H and O–H groups in total. The minimum atomic E-state index is -0.383. The van der Waals surface area contributed by atoms with E-state index in [4.69, 9.17) is 0 Å². The summed E-state index contributed by atoms with van der Waals surface area (Å²) >= 11 is 0. The van der Waals surface area contributed by atoms with Gasteiger partial charge in [-0.3, -0.25) is 9.59 Å². The van der Waals surface area contributed by atoms with E-state index in [1.807, 2.05) is 25.7 Å². The fourth-order valence-corrected chi connectivity index (χ4v) is 2.70. The summed E-state index contributed by atoms with van der Waals surface area (Å²) in [6, 6.07) is -0.636. The van der Waals surface area contributed by atoms with Crippen LogP contribution in [0.3, 0.4) is 0 Å². The first kappa shape index (κ1) is 14.4. The van der Waals surface area contributed by atoms with E-state index < -0.39 is 0 Å². The van der Waals surface area contributed by atoms with Gasteiger partial charge in [-0.1, -0.05) is 34.1 Å². The van der Waals surface area contributed by atoms with Crippen LogP contribution in [0.1, 0.15) is 53.4 Å². The number of hydrogen-bond acceptors (Lipinski definition) is 2. The van der Waals surface area contributed by atoms with Crippen molar-refractivity contribution in [3.05, 3.63) is 0 Å². The second-order valence-corrected chi connectivity index (χ2v) is 7.05. The molecule has 0 aromatic heterocycles. The lowest BCUT2D eigenvalue weighted by Gasteiger charge is -2.43. The summed E-state index contributed by atoms with van der Waals surface area (Å²) in [6.07, 6.45) is 4.09. The van der Waals surface area contributed by atoms with Crippen LogP contribution < -0.4 is 5.32 Å². The normalized spacial score (nSPS) is 28.5. The fourth-order valence-electron chi connectivity index (χ4n) is 2.70. The number of hydrogen-bond donors (Lipinski definition) is 1. The van der Waals surface area contributed by atoms with Crippen molar-refractivity contribution in [3.63, 3.8) is 0 Å². The molecule has 2 fully saturated rings.